The van der Waals surface area contributed by atoms with E-state index in [1.165, 1.54) is 6.08 Å². The smallest absolute Gasteiger partial charge is 0.328 e. The van der Waals surface area contributed by atoms with Crippen molar-refractivity contribution in [1.82, 2.24) is 0 Å². The maximum Gasteiger partial charge on any atom is 0.328 e. The van der Waals surface area contributed by atoms with Gasteiger partial charge in [-0.2, -0.15) is 0 Å². The molecule has 96 valence electrons. The lowest BCUT2D eigenvalue weighted by atomic mass is 10.1. The number of carboxylic acids is 1. The summed E-state index contributed by atoms with van der Waals surface area (Å²) in [5.74, 6) is 0.537. The lowest BCUT2D eigenvalue weighted by Crippen LogP contribution is -2.05. The van der Waals surface area contributed by atoms with Crippen molar-refractivity contribution in [1.29, 1.82) is 0 Å². The summed E-state index contributed by atoms with van der Waals surface area (Å²) >= 11 is 0. The molecule has 1 aliphatic rings. The van der Waals surface area contributed by atoms with E-state index in [1.54, 1.807) is 0 Å². The minimum Gasteiger partial charge on any atom is -0.493 e. The highest BCUT2D eigenvalue weighted by molar-refractivity contribution is 5.86. The van der Waals surface area contributed by atoms with Crippen molar-refractivity contribution >= 4 is 12.0 Å². The first kappa shape index (κ1) is 12.5. The van der Waals surface area contributed by atoms with Gasteiger partial charge < -0.3 is 14.6 Å². The van der Waals surface area contributed by atoms with Gasteiger partial charge in [0.1, 0.15) is 17.6 Å². The van der Waals surface area contributed by atoms with Gasteiger partial charge >= 0.3 is 5.97 Å². The van der Waals surface area contributed by atoms with E-state index >= 15 is 0 Å². The molecule has 0 aliphatic carbocycles. The van der Waals surface area contributed by atoms with Crippen LogP contribution in [0, 0.1) is 0 Å². The summed E-state index contributed by atoms with van der Waals surface area (Å²) in [5.41, 5.74) is 1.84. The second-order valence-corrected chi connectivity index (χ2v) is 4.23. The van der Waals surface area contributed by atoms with Gasteiger partial charge in [-0.3, -0.25) is 0 Å². The molecule has 1 aromatic rings. The number of hydrogen-bond acceptors (Lipinski definition) is 3. The van der Waals surface area contributed by atoms with Gasteiger partial charge in [0.2, 0.25) is 0 Å². The Kier molecular flexibility index (Phi) is 3.55. The van der Waals surface area contributed by atoms with Gasteiger partial charge in [-0.1, -0.05) is 0 Å². The molecule has 0 amide bonds. The summed E-state index contributed by atoms with van der Waals surface area (Å²) in [5, 5.41) is 8.67. The standard InChI is InChI=1S/C14H16O4/c1-3-17-12-8-11-6-9(2)18-13(11)7-10(12)4-5-14(15)16/h4-5,7-9H,3,6H2,1-2H3,(H,15,16)/b5-4+. The fourth-order valence-corrected chi connectivity index (χ4v) is 2.03. The number of benzene rings is 1. The Labute approximate surface area is 106 Å². The van der Waals surface area contributed by atoms with Crippen molar-refractivity contribution < 1.29 is 19.4 Å². The molecule has 0 spiro atoms. The first-order valence-electron chi connectivity index (χ1n) is 5.97. The first-order valence-corrected chi connectivity index (χ1v) is 5.97. The lowest BCUT2D eigenvalue weighted by Gasteiger charge is -2.09. The lowest BCUT2D eigenvalue weighted by molar-refractivity contribution is -0.131. The average molecular weight is 248 g/mol. The zero-order valence-electron chi connectivity index (χ0n) is 10.5. The summed E-state index contributed by atoms with van der Waals surface area (Å²) in [6, 6.07) is 3.77. The predicted octanol–water partition coefficient (Wildman–Crippen LogP) is 2.51. The number of hydrogen-bond donors (Lipinski definition) is 1. The molecule has 0 fully saturated rings. The van der Waals surface area contributed by atoms with Crippen LogP contribution in [0.2, 0.25) is 0 Å². The molecule has 0 saturated carbocycles. The van der Waals surface area contributed by atoms with E-state index in [1.807, 2.05) is 26.0 Å². The molecule has 0 radical (unpaired) electrons. The molecule has 0 aromatic heterocycles. The summed E-state index contributed by atoms with van der Waals surface area (Å²) in [6.07, 6.45) is 3.65. The zero-order chi connectivity index (χ0) is 13.1. The summed E-state index contributed by atoms with van der Waals surface area (Å²) in [7, 11) is 0. The van der Waals surface area contributed by atoms with Gasteiger partial charge in [0.15, 0.2) is 0 Å². The summed E-state index contributed by atoms with van der Waals surface area (Å²) in [4.78, 5) is 10.6. The van der Waals surface area contributed by atoms with Crippen LogP contribution in [-0.4, -0.2) is 23.8 Å². The highest BCUT2D eigenvalue weighted by atomic mass is 16.5. The van der Waals surface area contributed by atoms with Crippen molar-refractivity contribution in [2.45, 2.75) is 26.4 Å². The third-order valence-corrected chi connectivity index (χ3v) is 2.73. The number of carboxylic acid groups (broad SMARTS) is 1. The Morgan fingerprint density at radius 2 is 2.39 bits per heavy atom. The van der Waals surface area contributed by atoms with Gasteiger partial charge in [-0.25, -0.2) is 4.79 Å². The Balaban J connectivity index is 2.37. The normalized spacial score (nSPS) is 17.6. The van der Waals surface area contributed by atoms with Crippen LogP contribution in [0.3, 0.4) is 0 Å². The van der Waals surface area contributed by atoms with E-state index in [-0.39, 0.29) is 6.10 Å². The molecule has 1 unspecified atom stereocenters. The SMILES string of the molecule is CCOc1cc2c(cc1/C=C/C(=O)O)OC(C)C2. The number of ether oxygens (including phenoxy) is 2. The largest absolute Gasteiger partial charge is 0.493 e. The Morgan fingerprint density at radius 3 is 3.06 bits per heavy atom. The monoisotopic (exact) mass is 248 g/mol. The molecule has 0 saturated heterocycles. The van der Waals surface area contributed by atoms with Crippen molar-refractivity contribution in [2.75, 3.05) is 6.61 Å². The third-order valence-electron chi connectivity index (χ3n) is 2.73. The van der Waals surface area contributed by atoms with Gasteiger partial charge in [-0.05, 0) is 32.1 Å². The molecule has 18 heavy (non-hydrogen) atoms. The summed E-state index contributed by atoms with van der Waals surface area (Å²) < 4.78 is 11.2. The Morgan fingerprint density at radius 1 is 1.61 bits per heavy atom. The maximum absolute atomic E-state index is 10.6. The van der Waals surface area contributed by atoms with Crippen LogP contribution < -0.4 is 9.47 Å². The second-order valence-electron chi connectivity index (χ2n) is 4.23. The number of carbonyl (C=O) groups is 1. The van der Waals surface area contributed by atoms with Crippen LogP contribution in [0.1, 0.15) is 25.0 Å². The highest BCUT2D eigenvalue weighted by Gasteiger charge is 2.21. The van der Waals surface area contributed by atoms with Crippen LogP contribution in [0.15, 0.2) is 18.2 Å². The van der Waals surface area contributed by atoms with Crippen LogP contribution >= 0.6 is 0 Å². The summed E-state index contributed by atoms with van der Waals surface area (Å²) in [6.45, 7) is 4.45. The molecule has 1 N–H and O–H groups in total. The molecule has 1 aromatic carbocycles. The second kappa shape index (κ2) is 5.12. The van der Waals surface area contributed by atoms with Crippen LogP contribution in [0.4, 0.5) is 0 Å². The molecule has 1 heterocycles. The minimum atomic E-state index is -0.979. The number of fused-ring (bicyclic) bond motifs is 1. The molecule has 4 heteroatoms. The van der Waals surface area contributed by atoms with E-state index < -0.39 is 5.97 Å². The highest BCUT2D eigenvalue weighted by Crippen LogP contribution is 2.35. The fourth-order valence-electron chi connectivity index (χ4n) is 2.03. The van der Waals surface area contributed by atoms with Gasteiger partial charge in [0, 0.05) is 23.6 Å². The fraction of sp³-hybridized carbons (Fsp3) is 0.357. The molecular weight excluding hydrogens is 232 g/mol. The third kappa shape index (κ3) is 2.64. The van der Waals surface area contributed by atoms with E-state index in [0.29, 0.717) is 12.4 Å². The van der Waals surface area contributed by atoms with Crippen molar-refractivity contribution in [3.63, 3.8) is 0 Å². The Hall–Kier alpha value is -1.97. The average Bonchev–Trinajstić information content (AvgIpc) is 2.65. The molecule has 0 bridgehead atoms. The van der Waals surface area contributed by atoms with E-state index in [0.717, 1.165) is 29.4 Å². The van der Waals surface area contributed by atoms with Crippen LogP contribution in [0.25, 0.3) is 6.08 Å². The van der Waals surface area contributed by atoms with Crippen molar-refractivity contribution in [3.05, 3.63) is 29.3 Å². The number of aliphatic carboxylic acids is 1. The Bertz CT molecular complexity index is 491. The molecule has 1 aliphatic heterocycles. The predicted molar refractivity (Wildman–Crippen MR) is 68.1 cm³/mol. The van der Waals surface area contributed by atoms with E-state index in [4.69, 9.17) is 14.6 Å². The molecule has 1 atom stereocenters. The maximum atomic E-state index is 10.6. The van der Waals surface area contributed by atoms with Gasteiger partial charge in [-0.15, -0.1) is 0 Å². The number of rotatable bonds is 4. The van der Waals surface area contributed by atoms with Crippen molar-refractivity contribution in [3.8, 4) is 11.5 Å². The topological polar surface area (TPSA) is 55.8 Å². The molecular formula is C14H16O4. The zero-order valence-corrected chi connectivity index (χ0v) is 10.5. The quantitative estimate of drug-likeness (QED) is 0.832. The van der Waals surface area contributed by atoms with E-state index in [2.05, 4.69) is 0 Å². The minimum absolute atomic E-state index is 0.160. The van der Waals surface area contributed by atoms with Crippen molar-refractivity contribution in [2.24, 2.45) is 0 Å². The van der Waals surface area contributed by atoms with Gasteiger partial charge in [0.05, 0.1) is 6.61 Å². The van der Waals surface area contributed by atoms with Crippen LogP contribution in [0.5, 0.6) is 11.5 Å². The molecule has 2 rings (SSSR count). The van der Waals surface area contributed by atoms with Crippen LogP contribution in [-0.2, 0) is 11.2 Å². The first-order chi connectivity index (χ1) is 8.60. The van der Waals surface area contributed by atoms with E-state index in [9.17, 15) is 4.79 Å². The molecule has 4 nitrogen and oxygen atoms in total. The van der Waals surface area contributed by atoms with Gasteiger partial charge in [0.25, 0.3) is 0 Å².